The Hall–Kier alpha value is -2.80. The van der Waals surface area contributed by atoms with E-state index in [2.05, 4.69) is 48.0 Å². The van der Waals surface area contributed by atoms with E-state index in [9.17, 15) is 4.79 Å². The fraction of sp³-hybridized carbons (Fsp3) is 0.391. The highest BCUT2D eigenvalue weighted by molar-refractivity contribution is 7.18. The predicted molar refractivity (Wildman–Crippen MR) is 118 cm³/mol. The van der Waals surface area contributed by atoms with Gasteiger partial charge in [0.05, 0.1) is 11.7 Å². The van der Waals surface area contributed by atoms with Gasteiger partial charge in [0.15, 0.2) is 0 Å². The first-order valence-electron chi connectivity index (χ1n) is 10.4. The van der Waals surface area contributed by atoms with Gasteiger partial charge in [-0.25, -0.2) is 4.98 Å². The van der Waals surface area contributed by atoms with Gasteiger partial charge >= 0.3 is 0 Å². The molecule has 1 aliphatic rings. The van der Waals surface area contributed by atoms with E-state index in [4.69, 9.17) is 4.52 Å². The van der Waals surface area contributed by atoms with Gasteiger partial charge in [-0.3, -0.25) is 9.36 Å². The van der Waals surface area contributed by atoms with Crippen LogP contribution in [-0.4, -0.2) is 19.7 Å². The largest absolute Gasteiger partial charge is 0.337 e. The summed E-state index contributed by atoms with van der Waals surface area (Å²) >= 11 is 1.66. The molecule has 3 aromatic heterocycles. The number of thiophene rings is 1. The second-order valence-corrected chi connectivity index (χ2v) is 9.58. The summed E-state index contributed by atoms with van der Waals surface area (Å²) in [5, 5.41) is 4.87. The smallest absolute Gasteiger partial charge is 0.262 e. The topological polar surface area (TPSA) is 73.8 Å². The highest BCUT2D eigenvalue weighted by atomic mass is 32.1. The zero-order valence-electron chi connectivity index (χ0n) is 17.4. The minimum atomic E-state index is -0.0203. The molecule has 0 bridgehead atoms. The number of nitrogens with zero attached hydrogens (tertiary/aromatic N) is 4. The van der Waals surface area contributed by atoms with Gasteiger partial charge in [-0.2, -0.15) is 4.98 Å². The number of aromatic nitrogens is 4. The van der Waals surface area contributed by atoms with Crippen molar-refractivity contribution in [2.45, 2.75) is 52.5 Å². The van der Waals surface area contributed by atoms with Gasteiger partial charge in [-0.1, -0.05) is 50.2 Å². The molecule has 0 radical (unpaired) electrons. The molecular weight excluding hydrogens is 396 g/mol. The molecule has 6 nitrogen and oxygen atoms in total. The molecule has 5 rings (SSSR count). The first-order chi connectivity index (χ1) is 14.5. The number of rotatable bonds is 4. The Morgan fingerprint density at radius 3 is 2.83 bits per heavy atom. The third-order valence-corrected chi connectivity index (χ3v) is 7.05. The van der Waals surface area contributed by atoms with E-state index >= 15 is 0 Å². The van der Waals surface area contributed by atoms with E-state index in [0.717, 1.165) is 35.0 Å². The molecule has 1 aliphatic carbocycles. The maximum atomic E-state index is 13.2. The van der Waals surface area contributed by atoms with Gasteiger partial charge in [-0.15, -0.1) is 11.3 Å². The molecular formula is C23H24N4O2S. The van der Waals surface area contributed by atoms with Gasteiger partial charge in [0.25, 0.3) is 5.56 Å². The average Bonchev–Trinajstić information content (AvgIpc) is 3.34. The van der Waals surface area contributed by atoms with Crippen molar-refractivity contribution in [3.8, 4) is 11.4 Å². The number of hydrogen-bond donors (Lipinski definition) is 0. The van der Waals surface area contributed by atoms with Crippen molar-refractivity contribution in [1.29, 1.82) is 0 Å². The van der Waals surface area contributed by atoms with Crippen molar-refractivity contribution in [1.82, 2.24) is 19.7 Å². The number of hydrogen-bond acceptors (Lipinski definition) is 6. The summed E-state index contributed by atoms with van der Waals surface area (Å²) in [7, 11) is 0. The maximum Gasteiger partial charge on any atom is 0.262 e. The summed E-state index contributed by atoms with van der Waals surface area (Å²) in [6, 6.07) is 8.17. The van der Waals surface area contributed by atoms with Gasteiger partial charge < -0.3 is 4.52 Å². The van der Waals surface area contributed by atoms with E-state index in [0.29, 0.717) is 23.6 Å². The molecule has 0 saturated heterocycles. The van der Waals surface area contributed by atoms with Crippen molar-refractivity contribution in [3.05, 3.63) is 62.8 Å². The van der Waals surface area contributed by atoms with Crippen LogP contribution in [0.2, 0.25) is 0 Å². The maximum absolute atomic E-state index is 13.2. The van der Waals surface area contributed by atoms with E-state index in [1.807, 2.05) is 12.1 Å². The van der Waals surface area contributed by atoms with Gasteiger partial charge in [-0.05, 0) is 42.2 Å². The highest BCUT2D eigenvalue weighted by Gasteiger charge is 2.23. The van der Waals surface area contributed by atoms with Crippen LogP contribution < -0.4 is 5.56 Å². The Balaban J connectivity index is 1.44. The van der Waals surface area contributed by atoms with Gasteiger partial charge in [0.2, 0.25) is 11.7 Å². The molecule has 0 fully saturated rings. The van der Waals surface area contributed by atoms with Crippen LogP contribution in [0.4, 0.5) is 0 Å². The van der Waals surface area contributed by atoms with Crippen molar-refractivity contribution in [2.24, 2.45) is 5.92 Å². The predicted octanol–water partition coefficient (Wildman–Crippen LogP) is 4.80. The van der Waals surface area contributed by atoms with E-state index < -0.39 is 0 Å². The summed E-state index contributed by atoms with van der Waals surface area (Å²) in [6.45, 7) is 6.81. The Kier molecular flexibility index (Phi) is 4.77. The highest BCUT2D eigenvalue weighted by Crippen LogP contribution is 2.35. The van der Waals surface area contributed by atoms with Crippen LogP contribution in [-0.2, 0) is 19.4 Å². The summed E-state index contributed by atoms with van der Waals surface area (Å²) in [4.78, 5) is 24.4. The number of fused-ring (bicyclic) bond motifs is 3. The quantitative estimate of drug-likeness (QED) is 0.474. The first-order valence-corrected chi connectivity index (χ1v) is 11.2. The minimum absolute atomic E-state index is 0.0203. The van der Waals surface area contributed by atoms with Crippen molar-refractivity contribution in [3.63, 3.8) is 0 Å². The molecule has 7 heteroatoms. The van der Waals surface area contributed by atoms with Crippen LogP contribution in [0.3, 0.4) is 0 Å². The Bertz CT molecular complexity index is 1270. The third-order valence-electron chi connectivity index (χ3n) is 5.89. The molecule has 0 spiro atoms. The molecule has 1 unspecified atom stereocenters. The van der Waals surface area contributed by atoms with Crippen molar-refractivity contribution in [2.75, 3.05) is 0 Å². The van der Waals surface area contributed by atoms with Crippen LogP contribution in [0.25, 0.3) is 21.6 Å². The lowest BCUT2D eigenvalue weighted by Gasteiger charge is -2.17. The molecule has 1 aromatic carbocycles. The van der Waals surface area contributed by atoms with Crippen LogP contribution in [0.1, 0.15) is 55.0 Å². The lowest BCUT2D eigenvalue weighted by atomic mass is 9.89. The molecule has 154 valence electrons. The fourth-order valence-corrected chi connectivity index (χ4v) is 5.42. The normalized spacial score (nSPS) is 16.3. The van der Waals surface area contributed by atoms with E-state index in [1.54, 1.807) is 22.2 Å². The summed E-state index contributed by atoms with van der Waals surface area (Å²) in [6.07, 6.45) is 4.71. The lowest BCUT2D eigenvalue weighted by Crippen LogP contribution is -2.22. The van der Waals surface area contributed by atoms with Crippen molar-refractivity contribution < 1.29 is 4.52 Å². The molecule has 0 amide bonds. The Morgan fingerprint density at radius 2 is 2.07 bits per heavy atom. The van der Waals surface area contributed by atoms with Crippen LogP contribution >= 0.6 is 11.3 Å². The molecule has 0 N–H and O–H groups in total. The Labute approximate surface area is 178 Å². The monoisotopic (exact) mass is 420 g/mol. The van der Waals surface area contributed by atoms with Crippen molar-refractivity contribution >= 4 is 21.6 Å². The molecule has 30 heavy (non-hydrogen) atoms. The second kappa shape index (κ2) is 7.47. The first kappa shape index (κ1) is 19.2. The third kappa shape index (κ3) is 3.37. The summed E-state index contributed by atoms with van der Waals surface area (Å²) in [5.41, 5.74) is 3.34. The standard InChI is InChI=1S/C23H24N4O2S/c1-13(2)15-5-7-16(8-6-15)21-25-19(29-26-21)11-27-12-24-22-20(23(27)28)17-9-4-14(3)10-18(17)30-22/h5-8,12-14H,4,9-11H2,1-3H3. The molecule has 0 aliphatic heterocycles. The van der Waals surface area contributed by atoms with Crippen LogP contribution in [0.5, 0.6) is 0 Å². The second-order valence-electron chi connectivity index (χ2n) is 8.50. The van der Waals surface area contributed by atoms with Crippen LogP contribution in [0.15, 0.2) is 39.9 Å². The molecule has 3 heterocycles. The summed E-state index contributed by atoms with van der Waals surface area (Å²) in [5.74, 6) is 2.07. The minimum Gasteiger partial charge on any atom is -0.337 e. The lowest BCUT2D eigenvalue weighted by molar-refractivity contribution is 0.369. The number of aryl methyl sites for hydroxylation is 1. The van der Waals surface area contributed by atoms with E-state index in [1.165, 1.54) is 16.0 Å². The zero-order valence-corrected chi connectivity index (χ0v) is 18.2. The van der Waals surface area contributed by atoms with Gasteiger partial charge in [0.1, 0.15) is 11.4 Å². The SMILES string of the molecule is CC1CCc2c(sc3ncn(Cc4nc(-c5ccc(C(C)C)cc5)no4)c(=O)c23)C1. The molecule has 1 atom stereocenters. The number of benzene rings is 1. The van der Waals surface area contributed by atoms with Crippen LogP contribution in [0, 0.1) is 5.92 Å². The zero-order chi connectivity index (χ0) is 20.8. The van der Waals surface area contributed by atoms with E-state index in [-0.39, 0.29) is 12.1 Å². The summed E-state index contributed by atoms with van der Waals surface area (Å²) < 4.78 is 7.01. The molecule has 4 aromatic rings. The van der Waals surface area contributed by atoms with Gasteiger partial charge in [0, 0.05) is 10.4 Å². The average molecular weight is 421 g/mol. The Morgan fingerprint density at radius 1 is 1.27 bits per heavy atom. The molecule has 0 saturated carbocycles. The fourth-order valence-electron chi connectivity index (χ4n) is 4.08.